The number of halogens is 2. The minimum atomic E-state index is 0.225. The molecule has 3 heteroatoms. The molecule has 21 heavy (non-hydrogen) atoms. The molecule has 1 N–H and O–H groups in total. The summed E-state index contributed by atoms with van der Waals surface area (Å²) >= 11 is 7.32. The largest absolute Gasteiger partial charge is 0.376 e. The van der Waals surface area contributed by atoms with Crippen molar-refractivity contribution in [1.29, 1.82) is 0 Å². The van der Waals surface area contributed by atoms with Gasteiger partial charge in [0.2, 0.25) is 0 Å². The molecule has 2 aromatic carbocycles. The van der Waals surface area contributed by atoms with Gasteiger partial charge in [-0.15, -0.1) is 0 Å². The Balaban J connectivity index is 2.04. The number of para-hydroxylation sites is 1. The second-order valence-electron chi connectivity index (χ2n) is 6.36. The average Bonchev–Trinajstić information content (AvgIpc) is 2.45. The summed E-state index contributed by atoms with van der Waals surface area (Å²) < 4.78 is 2.19. The van der Waals surface area contributed by atoms with E-state index in [1.165, 1.54) is 24.0 Å². The number of nitrogens with one attached hydrogen (secondary N) is 1. The zero-order chi connectivity index (χ0) is 15.0. The summed E-state index contributed by atoms with van der Waals surface area (Å²) in [4.78, 5) is 0. The van der Waals surface area contributed by atoms with Gasteiger partial charge in [0.15, 0.2) is 0 Å². The van der Waals surface area contributed by atoms with Crippen LogP contribution in [0.4, 0.5) is 5.69 Å². The van der Waals surface area contributed by atoms with Crippen LogP contribution in [-0.2, 0) is 6.42 Å². The monoisotopic (exact) mass is 407 g/mol. The Hall–Kier alpha value is -0.800. The SMILES string of the molecule is CC1(C)CCc2ccccc2C1Nc1c(Br)cccc1Br. The van der Waals surface area contributed by atoms with Gasteiger partial charge in [-0.1, -0.05) is 44.2 Å². The summed E-state index contributed by atoms with van der Waals surface area (Å²) in [5, 5.41) is 3.77. The van der Waals surface area contributed by atoms with E-state index in [1.807, 2.05) is 6.07 Å². The molecule has 1 nitrogen and oxygen atoms in total. The van der Waals surface area contributed by atoms with Crippen LogP contribution < -0.4 is 5.32 Å². The minimum absolute atomic E-state index is 0.225. The van der Waals surface area contributed by atoms with Gasteiger partial charge in [-0.05, 0) is 73.4 Å². The fourth-order valence-corrected chi connectivity index (χ4v) is 4.35. The highest BCUT2D eigenvalue weighted by molar-refractivity contribution is 9.11. The molecule has 0 fully saturated rings. The Kier molecular flexibility index (Phi) is 4.15. The van der Waals surface area contributed by atoms with Crippen molar-refractivity contribution in [2.45, 2.75) is 32.7 Å². The Bertz CT molecular complexity index is 644. The van der Waals surface area contributed by atoms with Crippen molar-refractivity contribution in [3.05, 3.63) is 62.5 Å². The van der Waals surface area contributed by atoms with Crippen LogP contribution in [-0.4, -0.2) is 0 Å². The molecule has 0 amide bonds. The van der Waals surface area contributed by atoms with E-state index < -0.39 is 0 Å². The van der Waals surface area contributed by atoms with Gasteiger partial charge in [-0.2, -0.15) is 0 Å². The standard InChI is InChI=1S/C18H19Br2N/c1-18(2)11-10-12-6-3-4-7-13(12)17(18)21-16-14(19)8-5-9-15(16)20/h3-9,17,21H,10-11H2,1-2H3. The quantitative estimate of drug-likeness (QED) is 0.611. The molecule has 0 spiro atoms. The van der Waals surface area contributed by atoms with E-state index in [0.717, 1.165) is 14.6 Å². The van der Waals surface area contributed by atoms with E-state index in [0.29, 0.717) is 6.04 Å². The molecule has 0 heterocycles. The fourth-order valence-electron chi connectivity index (χ4n) is 3.12. The molecule has 3 rings (SSSR count). The smallest absolute Gasteiger partial charge is 0.0633 e. The van der Waals surface area contributed by atoms with Gasteiger partial charge in [0.1, 0.15) is 0 Å². The first-order valence-electron chi connectivity index (χ1n) is 7.27. The Morgan fingerprint density at radius 2 is 1.67 bits per heavy atom. The lowest BCUT2D eigenvalue weighted by Gasteiger charge is -2.41. The third kappa shape index (κ3) is 2.91. The molecule has 0 aromatic heterocycles. The molecule has 0 bridgehead atoms. The average molecular weight is 409 g/mol. The van der Waals surface area contributed by atoms with Gasteiger partial charge < -0.3 is 5.32 Å². The highest BCUT2D eigenvalue weighted by atomic mass is 79.9. The van der Waals surface area contributed by atoms with Crippen molar-refractivity contribution in [2.75, 3.05) is 5.32 Å². The summed E-state index contributed by atoms with van der Waals surface area (Å²) in [6.45, 7) is 4.71. The summed E-state index contributed by atoms with van der Waals surface area (Å²) in [6, 6.07) is 15.3. The first-order valence-corrected chi connectivity index (χ1v) is 8.86. The summed E-state index contributed by atoms with van der Waals surface area (Å²) in [6.07, 6.45) is 2.36. The van der Waals surface area contributed by atoms with Crippen molar-refractivity contribution in [3.8, 4) is 0 Å². The molecule has 0 saturated heterocycles. The van der Waals surface area contributed by atoms with Crippen molar-refractivity contribution < 1.29 is 0 Å². The van der Waals surface area contributed by atoms with E-state index in [9.17, 15) is 0 Å². The maximum atomic E-state index is 3.77. The lowest BCUT2D eigenvalue weighted by Crippen LogP contribution is -2.33. The molecule has 1 atom stereocenters. The summed E-state index contributed by atoms with van der Waals surface area (Å²) in [7, 11) is 0. The van der Waals surface area contributed by atoms with Crippen LogP contribution in [0.3, 0.4) is 0 Å². The highest BCUT2D eigenvalue weighted by Crippen LogP contribution is 2.46. The minimum Gasteiger partial charge on any atom is -0.376 e. The van der Waals surface area contributed by atoms with Crippen LogP contribution in [0.15, 0.2) is 51.4 Å². The van der Waals surface area contributed by atoms with Crippen molar-refractivity contribution in [1.82, 2.24) is 0 Å². The Morgan fingerprint density at radius 3 is 2.38 bits per heavy atom. The number of hydrogen-bond acceptors (Lipinski definition) is 1. The van der Waals surface area contributed by atoms with Crippen LogP contribution in [0.5, 0.6) is 0 Å². The summed E-state index contributed by atoms with van der Waals surface area (Å²) in [5.74, 6) is 0. The first-order chi connectivity index (χ1) is 9.99. The second-order valence-corrected chi connectivity index (χ2v) is 8.07. The van der Waals surface area contributed by atoms with Gasteiger partial charge >= 0.3 is 0 Å². The molecule has 1 aliphatic rings. The lowest BCUT2D eigenvalue weighted by molar-refractivity contribution is 0.265. The van der Waals surface area contributed by atoms with Crippen molar-refractivity contribution in [3.63, 3.8) is 0 Å². The predicted octanol–water partition coefficient (Wildman–Crippen LogP) is 6.34. The molecule has 0 aliphatic heterocycles. The Labute approximate surface area is 143 Å². The number of hydrogen-bond donors (Lipinski definition) is 1. The van der Waals surface area contributed by atoms with Crippen molar-refractivity contribution in [2.24, 2.45) is 5.41 Å². The van der Waals surface area contributed by atoms with Gasteiger partial charge in [0, 0.05) is 8.95 Å². The van der Waals surface area contributed by atoms with Crippen LogP contribution in [0.25, 0.3) is 0 Å². The molecule has 0 saturated carbocycles. The molecular weight excluding hydrogens is 390 g/mol. The number of benzene rings is 2. The van der Waals surface area contributed by atoms with E-state index in [-0.39, 0.29) is 5.41 Å². The van der Waals surface area contributed by atoms with E-state index in [4.69, 9.17) is 0 Å². The van der Waals surface area contributed by atoms with Crippen LogP contribution in [0, 0.1) is 5.41 Å². The van der Waals surface area contributed by atoms with E-state index >= 15 is 0 Å². The fraction of sp³-hybridized carbons (Fsp3) is 0.333. The number of aryl methyl sites for hydroxylation is 1. The third-order valence-corrected chi connectivity index (χ3v) is 5.76. The predicted molar refractivity (Wildman–Crippen MR) is 96.7 cm³/mol. The van der Waals surface area contributed by atoms with Gasteiger partial charge in [0.05, 0.1) is 11.7 Å². The molecule has 1 unspecified atom stereocenters. The zero-order valence-corrected chi connectivity index (χ0v) is 15.5. The number of anilines is 1. The molecule has 110 valence electrons. The molecule has 1 aliphatic carbocycles. The molecular formula is C18H19Br2N. The zero-order valence-electron chi connectivity index (χ0n) is 12.3. The van der Waals surface area contributed by atoms with Crippen molar-refractivity contribution >= 4 is 37.5 Å². The van der Waals surface area contributed by atoms with Gasteiger partial charge in [-0.3, -0.25) is 0 Å². The van der Waals surface area contributed by atoms with Gasteiger partial charge in [-0.25, -0.2) is 0 Å². The third-order valence-electron chi connectivity index (χ3n) is 4.44. The normalized spacial score (nSPS) is 19.9. The maximum absolute atomic E-state index is 3.77. The van der Waals surface area contributed by atoms with Gasteiger partial charge in [0.25, 0.3) is 0 Å². The molecule has 2 aromatic rings. The first kappa shape index (κ1) is 15.1. The summed E-state index contributed by atoms with van der Waals surface area (Å²) in [5.41, 5.74) is 4.25. The lowest BCUT2D eigenvalue weighted by atomic mass is 9.70. The highest BCUT2D eigenvalue weighted by Gasteiger charge is 2.36. The number of rotatable bonds is 2. The van der Waals surface area contributed by atoms with Crippen LogP contribution >= 0.6 is 31.9 Å². The van der Waals surface area contributed by atoms with Crippen LogP contribution in [0.2, 0.25) is 0 Å². The topological polar surface area (TPSA) is 12.0 Å². The second kappa shape index (κ2) is 5.77. The molecule has 0 radical (unpaired) electrons. The Morgan fingerprint density at radius 1 is 1.00 bits per heavy atom. The van der Waals surface area contributed by atoms with Crippen LogP contribution in [0.1, 0.15) is 37.4 Å². The number of fused-ring (bicyclic) bond motifs is 1. The maximum Gasteiger partial charge on any atom is 0.0633 e. The van der Waals surface area contributed by atoms with E-state index in [2.05, 4.69) is 87.4 Å². The van der Waals surface area contributed by atoms with E-state index in [1.54, 1.807) is 0 Å².